The summed E-state index contributed by atoms with van der Waals surface area (Å²) in [6.45, 7) is 2.80. The van der Waals surface area contributed by atoms with Crippen LogP contribution in [0.5, 0.6) is 0 Å². The molecule has 0 amide bonds. The van der Waals surface area contributed by atoms with Crippen LogP contribution in [0.1, 0.15) is 18.4 Å². The van der Waals surface area contributed by atoms with E-state index >= 15 is 0 Å². The molecule has 1 heterocycles. The van der Waals surface area contributed by atoms with Crippen LogP contribution < -0.4 is 4.72 Å². The van der Waals surface area contributed by atoms with Gasteiger partial charge in [0.05, 0.1) is 5.69 Å². The van der Waals surface area contributed by atoms with Crippen LogP contribution in [0.4, 0.5) is 5.69 Å². The van der Waals surface area contributed by atoms with Crippen LogP contribution >= 0.6 is 15.9 Å². The highest BCUT2D eigenvalue weighted by atomic mass is 79.9. The molecule has 1 unspecified atom stereocenters. The molecule has 20 heavy (non-hydrogen) atoms. The van der Waals surface area contributed by atoms with Crippen molar-refractivity contribution in [2.75, 3.05) is 24.4 Å². The number of halogens is 1. The van der Waals surface area contributed by atoms with Crippen molar-refractivity contribution in [3.05, 3.63) is 28.2 Å². The van der Waals surface area contributed by atoms with Crippen LogP contribution in [0, 0.1) is 12.8 Å². The number of aliphatic hydroxyl groups excluding tert-OH is 1. The van der Waals surface area contributed by atoms with E-state index in [4.69, 9.17) is 0 Å². The zero-order valence-corrected chi connectivity index (χ0v) is 13.7. The smallest absolute Gasteiger partial charge is 0.301 e. The van der Waals surface area contributed by atoms with E-state index in [1.165, 1.54) is 4.31 Å². The number of nitrogens with zero attached hydrogens (tertiary/aromatic N) is 1. The second-order valence-electron chi connectivity index (χ2n) is 5.14. The zero-order valence-electron chi connectivity index (χ0n) is 11.3. The average Bonchev–Trinajstić information content (AvgIpc) is 2.43. The van der Waals surface area contributed by atoms with E-state index in [1.54, 1.807) is 6.07 Å². The highest BCUT2D eigenvalue weighted by molar-refractivity contribution is 9.10. The fourth-order valence-electron chi connectivity index (χ4n) is 2.32. The van der Waals surface area contributed by atoms with E-state index in [9.17, 15) is 13.5 Å². The highest BCUT2D eigenvalue weighted by Crippen LogP contribution is 2.26. The lowest BCUT2D eigenvalue weighted by atomic mass is 10.0. The number of anilines is 1. The number of rotatable bonds is 4. The summed E-state index contributed by atoms with van der Waals surface area (Å²) in [6.07, 6.45) is 1.65. The molecule has 2 N–H and O–H groups in total. The standard InChI is InChI=1S/C13H19BrN2O3S/c1-10-4-5-12(14)13(7-10)15-20(18,19)16-6-2-3-11(8-16)9-17/h4-5,7,11,15,17H,2-3,6,8-9H2,1H3. The summed E-state index contributed by atoms with van der Waals surface area (Å²) in [6, 6.07) is 5.51. The Labute approximate surface area is 128 Å². The molecule has 1 saturated heterocycles. The van der Waals surface area contributed by atoms with Crippen LogP contribution in [-0.2, 0) is 10.2 Å². The number of hydrogen-bond donors (Lipinski definition) is 2. The lowest BCUT2D eigenvalue weighted by Gasteiger charge is -2.31. The molecule has 7 heteroatoms. The lowest BCUT2D eigenvalue weighted by molar-refractivity contribution is 0.166. The predicted octanol–water partition coefficient (Wildman–Crippen LogP) is 2.12. The summed E-state index contributed by atoms with van der Waals surface area (Å²) in [4.78, 5) is 0. The minimum atomic E-state index is -3.58. The van der Waals surface area contributed by atoms with Crippen molar-refractivity contribution in [1.82, 2.24) is 4.31 Å². The minimum absolute atomic E-state index is 0.0279. The van der Waals surface area contributed by atoms with Crippen LogP contribution in [-0.4, -0.2) is 37.5 Å². The van der Waals surface area contributed by atoms with Crippen molar-refractivity contribution in [3.8, 4) is 0 Å². The summed E-state index contributed by atoms with van der Waals surface area (Å²) in [5.74, 6) is 0.0290. The van der Waals surface area contributed by atoms with Crippen LogP contribution in [0.2, 0.25) is 0 Å². The van der Waals surface area contributed by atoms with Crippen molar-refractivity contribution in [1.29, 1.82) is 0 Å². The average molecular weight is 363 g/mol. The van der Waals surface area contributed by atoms with Crippen molar-refractivity contribution in [2.24, 2.45) is 5.92 Å². The van der Waals surface area contributed by atoms with E-state index < -0.39 is 10.2 Å². The van der Waals surface area contributed by atoms with E-state index in [0.717, 1.165) is 18.4 Å². The Morgan fingerprint density at radius 3 is 2.95 bits per heavy atom. The Morgan fingerprint density at radius 2 is 2.25 bits per heavy atom. The van der Waals surface area contributed by atoms with E-state index in [2.05, 4.69) is 20.7 Å². The van der Waals surface area contributed by atoms with E-state index in [1.807, 2.05) is 19.1 Å². The van der Waals surface area contributed by atoms with Gasteiger partial charge in [-0.15, -0.1) is 0 Å². The molecular weight excluding hydrogens is 344 g/mol. The molecule has 1 aromatic rings. The summed E-state index contributed by atoms with van der Waals surface area (Å²) in [5.41, 5.74) is 1.52. The molecule has 5 nitrogen and oxygen atoms in total. The molecule has 0 aliphatic carbocycles. The third kappa shape index (κ3) is 3.72. The Kier molecular flexibility index (Phi) is 5.06. The number of nitrogens with one attached hydrogen (secondary N) is 1. The molecule has 1 aliphatic heterocycles. The third-order valence-electron chi connectivity index (χ3n) is 3.44. The molecule has 0 radical (unpaired) electrons. The number of piperidine rings is 1. The number of hydrogen-bond acceptors (Lipinski definition) is 3. The SMILES string of the molecule is Cc1ccc(Br)c(NS(=O)(=O)N2CCCC(CO)C2)c1. The van der Waals surface area contributed by atoms with Crippen LogP contribution in [0.25, 0.3) is 0 Å². The Hall–Kier alpha value is -0.630. The maximum absolute atomic E-state index is 12.4. The molecule has 1 aromatic carbocycles. The molecule has 0 aromatic heterocycles. The van der Waals surface area contributed by atoms with Crippen molar-refractivity contribution < 1.29 is 13.5 Å². The highest BCUT2D eigenvalue weighted by Gasteiger charge is 2.28. The molecule has 2 rings (SSSR count). The van der Waals surface area contributed by atoms with Gasteiger partial charge in [-0.3, -0.25) is 4.72 Å². The normalized spacial score (nSPS) is 20.9. The van der Waals surface area contributed by atoms with E-state index in [-0.39, 0.29) is 12.5 Å². The Balaban J connectivity index is 2.16. The van der Waals surface area contributed by atoms with Gasteiger partial charge in [0.15, 0.2) is 0 Å². The van der Waals surface area contributed by atoms with Gasteiger partial charge in [0.25, 0.3) is 0 Å². The molecule has 0 bridgehead atoms. The molecular formula is C13H19BrN2O3S. The maximum atomic E-state index is 12.4. The molecule has 1 aliphatic rings. The summed E-state index contributed by atoms with van der Waals surface area (Å²) in [5, 5.41) is 9.20. The van der Waals surface area contributed by atoms with Gasteiger partial charge < -0.3 is 5.11 Å². The number of benzene rings is 1. The second-order valence-corrected chi connectivity index (χ2v) is 7.66. The Bertz CT molecular complexity index is 577. The van der Waals surface area contributed by atoms with Crippen molar-refractivity contribution in [3.63, 3.8) is 0 Å². The first kappa shape index (κ1) is 15.8. The Morgan fingerprint density at radius 1 is 1.50 bits per heavy atom. The molecule has 1 fully saturated rings. The van der Waals surface area contributed by atoms with Gasteiger partial charge in [0, 0.05) is 24.2 Å². The van der Waals surface area contributed by atoms with Gasteiger partial charge in [-0.05, 0) is 59.3 Å². The first-order chi connectivity index (χ1) is 9.42. The van der Waals surface area contributed by atoms with Gasteiger partial charge in [-0.1, -0.05) is 6.07 Å². The van der Waals surface area contributed by atoms with Crippen molar-refractivity contribution >= 4 is 31.8 Å². The van der Waals surface area contributed by atoms with Gasteiger partial charge >= 0.3 is 10.2 Å². The summed E-state index contributed by atoms with van der Waals surface area (Å²) in [7, 11) is -3.58. The maximum Gasteiger partial charge on any atom is 0.301 e. The first-order valence-corrected chi connectivity index (χ1v) is 8.80. The van der Waals surface area contributed by atoms with Gasteiger partial charge in [-0.2, -0.15) is 12.7 Å². The van der Waals surface area contributed by atoms with Crippen molar-refractivity contribution in [2.45, 2.75) is 19.8 Å². The number of aryl methyl sites for hydroxylation is 1. The van der Waals surface area contributed by atoms with Gasteiger partial charge in [0.1, 0.15) is 0 Å². The third-order valence-corrected chi connectivity index (χ3v) is 5.62. The quantitative estimate of drug-likeness (QED) is 0.861. The molecule has 0 spiro atoms. The predicted molar refractivity (Wildman–Crippen MR) is 82.8 cm³/mol. The van der Waals surface area contributed by atoms with Crippen LogP contribution in [0.15, 0.2) is 22.7 Å². The lowest BCUT2D eigenvalue weighted by Crippen LogP contribution is -2.43. The van der Waals surface area contributed by atoms with Gasteiger partial charge in [0.2, 0.25) is 0 Å². The first-order valence-electron chi connectivity index (χ1n) is 6.57. The summed E-state index contributed by atoms with van der Waals surface area (Å²) >= 11 is 3.35. The molecule has 0 saturated carbocycles. The van der Waals surface area contributed by atoms with Gasteiger partial charge in [-0.25, -0.2) is 0 Å². The number of aliphatic hydroxyl groups is 1. The van der Waals surface area contributed by atoms with E-state index in [0.29, 0.717) is 23.2 Å². The molecule has 112 valence electrons. The molecule has 1 atom stereocenters. The second kappa shape index (κ2) is 6.43. The fraction of sp³-hybridized carbons (Fsp3) is 0.538. The largest absolute Gasteiger partial charge is 0.396 e. The van der Waals surface area contributed by atoms with Crippen LogP contribution in [0.3, 0.4) is 0 Å². The monoisotopic (exact) mass is 362 g/mol. The zero-order chi connectivity index (χ0) is 14.8. The fourth-order valence-corrected chi connectivity index (χ4v) is 4.14. The minimum Gasteiger partial charge on any atom is -0.396 e. The topological polar surface area (TPSA) is 69.6 Å². The summed E-state index contributed by atoms with van der Waals surface area (Å²) < 4.78 is 29.5.